The quantitative estimate of drug-likeness (QED) is 0.225. The number of hydrogen-bond donors (Lipinski definition) is 1. The van der Waals surface area contributed by atoms with Crippen molar-refractivity contribution in [1.29, 1.82) is 5.26 Å². The maximum atomic E-state index is 7.33. The van der Waals surface area contributed by atoms with E-state index in [1.807, 2.05) is 0 Å². The third kappa shape index (κ3) is 1.25. The summed E-state index contributed by atoms with van der Waals surface area (Å²) in [7, 11) is 0. The summed E-state index contributed by atoms with van der Waals surface area (Å²) in [6.07, 6.45) is 1.35. The van der Waals surface area contributed by atoms with Crippen LogP contribution in [0, 0.1) is 11.5 Å². The van der Waals surface area contributed by atoms with Gasteiger partial charge >= 0.3 is 0 Å². The van der Waals surface area contributed by atoms with Crippen LogP contribution in [-0.2, 0) is 0 Å². The highest BCUT2D eigenvalue weighted by Gasteiger charge is 1.40. The van der Waals surface area contributed by atoms with Gasteiger partial charge in [0.15, 0.2) is 6.19 Å². The highest BCUT2D eigenvalue weighted by molar-refractivity contribution is 4.52. The number of nitriles is 1. The first kappa shape index (κ1) is 3.25. The minimum absolute atomic E-state index is 1.35. The molecule has 0 heterocycles. The molecule has 0 saturated carbocycles. The zero-order valence-corrected chi connectivity index (χ0v) is 1.95. The van der Waals surface area contributed by atoms with Gasteiger partial charge in [-0.1, -0.05) is 0 Å². The molecule has 2 N–H and O–H groups in total. The van der Waals surface area contributed by atoms with Crippen LogP contribution < -0.4 is 11.3 Å². The fraction of sp³-hybridized carbons (Fsp3) is 0. The summed E-state index contributed by atoms with van der Waals surface area (Å²) >= 11 is 0. The third-order valence-electron chi connectivity index (χ3n) is 0.0559. The van der Waals surface area contributed by atoms with Crippen molar-refractivity contribution in [2.75, 3.05) is 0 Å². The molecule has 0 aliphatic rings. The standard InChI is InChI=1S/CH2N3/c2-1-4-3/h3-4H. The highest BCUT2D eigenvalue weighted by Crippen LogP contribution is 1.13. The summed E-state index contributed by atoms with van der Waals surface area (Å²) in [5.74, 6) is 5.84. The van der Waals surface area contributed by atoms with E-state index in [1.54, 1.807) is 0 Å². The Morgan fingerprint density at radius 3 is 2.25 bits per heavy atom. The smallest absolute Gasteiger partial charge is 0.193 e. The first-order valence-corrected chi connectivity index (χ1v) is 0.724. The van der Waals surface area contributed by atoms with Crippen LogP contribution in [0.25, 0.3) is 0 Å². The number of rotatable bonds is 0. The maximum absolute atomic E-state index is 7.33. The molecular formula is CH2N3. The summed E-state index contributed by atoms with van der Waals surface area (Å²) in [6, 6.07) is 0. The van der Waals surface area contributed by atoms with Gasteiger partial charge in [0.1, 0.15) is 0 Å². The van der Waals surface area contributed by atoms with Gasteiger partial charge in [0.2, 0.25) is 0 Å². The van der Waals surface area contributed by atoms with Crippen LogP contribution in [0.2, 0.25) is 0 Å². The second kappa shape index (κ2) is 2.25. The molecule has 0 aliphatic carbocycles. The van der Waals surface area contributed by atoms with E-state index in [0.717, 1.165) is 0 Å². The van der Waals surface area contributed by atoms with Gasteiger partial charge in [0, 0.05) is 0 Å². The summed E-state index contributed by atoms with van der Waals surface area (Å²) in [5, 5.41) is 7.33. The molecule has 0 aromatic carbocycles. The highest BCUT2D eigenvalue weighted by atomic mass is 15.2. The average molecular weight is 56.0 g/mol. The molecule has 0 bridgehead atoms. The van der Waals surface area contributed by atoms with Gasteiger partial charge in [-0.15, -0.1) is 5.84 Å². The Morgan fingerprint density at radius 2 is 2.25 bits per heavy atom. The first-order chi connectivity index (χ1) is 1.91. The molecule has 0 spiro atoms. The normalized spacial score (nSPS) is 4.00. The predicted molar refractivity (Wildman–Crippen MR) is 11.8 cm³/mol. The number of nitrogens with zero attached hydrogens (tertiary/aromatic N) is 1. The van der Waals surface area contributed by atoms with Crippen LogP contribution in [0.3, 0.4) is 0 Å². The molecule has 4 heavy (non-hydrogen) atoms. The Bertz CT molecular complexity index is 33.0. The largest absolute Gasteiger partial charge is 0.243 e. The SMILES string of the molecule is N#CN[NH]. The summed E-state index contributed by atoms with van der Waals surface area (Å²) in [5.41, 5.74) is 1.49. The fourth-order valence-electron chi connectivity index (χ4n) is 0. The van der Waals surface area contributed by atoms with E-state index >= 15 is 0 Å². The molecule has 0 atom stereocenters. The number of nitrogens with one attached hydrogen (secondary N) is 2. The second-order valence-electron chi connectivity index (χ2n) is 0.237. The van der Waals surface area contributed by atoms with Gasteiger partial charge in [-0.05, 0) is 0 Å². The third-order valence-corrected chi connectivity index (χ3v) is 0.0559. The minimum atomic E-state index is 1.35. The van der Waals surface area contributed by atoms with Crippen molar-refractivity contribution in [3.63, 3.8) is 0 Å². The Morgan fingerprint density at radius 1 is 2.00 bits per heavy atom. The Labute approximate surface area is 24.0 Å². The molecular weight excluding hydrogens is 54.0 g/mol. The van der Waals surface area contributed by atoms with Crippen molar-refractivity contribution in [1.82, 2.24) is 11.3 Å². The summed E-state index contributed by atoms with van der Waals surface area (Å²) in [6.45, 7) is 0. The Balaban J connectivity index is 2.43. The van der Waals surface area contributed by atoms with Crippen molar-refractivity contribution in [2.24, 2.45) is 0 Å². The van der Waals surface area contributed by atoms with E-state index in [4.69, 9.17) is 11.1 Å². The maximum Gasteiger partial charge on any atom is 0.193 e. The topological polar surface area (TPSA) is 59.6 Å². The molecule has 0 unspecified atom stereocenters. The van der Waals surface area contributed by atoms with Gasteiger partial charge in [0.25, 0.3) is 0 Å². The molecule has 0 aromatic heterocycles. The van der Waals surface area contributed by atoms with Gasteiger partial charge in [-0.3, -0.25) is 0 Å². The molecule has 0 aliphatic heterocycles. The van der Waals surface area contributed by atoms with Crippen molar-refractivity contribution in [3.8, 4) is 6.19 Å². The van der Waals surface area contributed by atoms with E-state index in [1.165, 1.54) is 11.6 Å². The van der Waals surface area contributed by atoms with Crippen LogP contribution in [0.5, 0.6) is 0 Å². The molecule has 3 nitrogen and oxygen atoms in total. The number of hydrogen-bond acceptors (Lipinski definition) is 2. The van der Waals surface area contributed by atoms with Crippen molar-refractivity contribution < 1.29 is 0 Å². The molecule has 3 heteroatoms. The van der Waals surface area contributed by atoms with Crippen LogP contribution in [0.4, 0.5) is 0 Å². The van der Waals surface area contributed by atoms with Gasteiger partial charge < -0.3 is 0 Å². The van der Waals surface area contributed by atoms with Gasteiger partial charge in [-0.25, -0.2) is 5.43 Å². The minimum Gasteiger partial charge on any atom is -0.243 e. The lowest BCUT2D eigenvalue weighted by Crippen LogP contribution is -1.95. The second-order valence-corrected chi connectivity index (χ2v) is 0.237. The van der Waals surface area contributed by atoms with E-state index in [9.17, 15) is 0 Å². The fourth-order valence-corrected chi connectivity index (χ4v) is 0. The molecule has 0 rings (SSSR count). The average Bonchev–Trinajstić information content (AvgIpc) is 1.37. The zero-order valence-electron chi connectivity index (χ0n) is 1.95. The van der Waals surface area contributed by atoms with E-state index in [-0.39, 0.29) is 0 Å². The van der Waals surface area contributed by atoms with Crippen LogP contribution >= 0.6 is 0 Å². The van der Waals surface area contributed by atoms with E-state index in [0.29, 0.717) is 0 Å². The van der Waals surface area contributed by atoms with E-state index < -0.39 is 0 Å². The van der Waals surface area contributed by atoms with Crippen LogP contribution in [-0.4, -0.2) is 0 Å². The predicted octanol–water partition coefficient (Wildman–Crippen LogP) is -0.745. The molecule has 0 saturated heterocycles. The van der Waals surface area contributed by atoms with Crippen LogP contribution in [0.15, 0.2) is 0 Å². The molecule has 0 aromatic rings. The lowest BCUT2D eigenvalue weighted by Gasteiger charge is -1.58. The Kier molecular flexibility index (Phi) is 1.83. The molecule has 0 fully saturated rings. The Hall–Kier alpha value is -0.750. The monoisotopic (exact) mass is 56.0 g/mol. The molecule has 21 valence electrons. The summed E-state index contributed by atoms with van der Waals surface area (Å²) in [4.78, 5) is 0. The lowest BCUT2D eigenvalue weighted by molar-refractivity contribution is 0.940. The summed E-state index contributed by atoms with van der Waals surface area (Å²) < 4.78 is 0. The zero-order chi connectivity index (χ0) is 3.41. The first-order valence-electron chi connectivity index (χ1n) is 0.724. The van der Waals surface area contributed by atoms with Gasteiger partial charge in [-0.2, -0.15) is 5.26 Å². The molecule has 1 radical (unpaired) electrons. The van der Waals surface area contributed by atoms with Crippen molar-refractivity contribution in [2.45, 2.75) is 0 Å². The molecule has 0 amide bonds. The van der Waals surface area contributed by atoms with Crippen molar-refractivity contribution in [3.05, 3.63) is 0 Å². The van der Waals surface area contributed by atoms with Gasteiger partial charge in [0.05, 0.1) is 0 Å². The lowest BCUT2D eigenvalue weighted by atomic mass is 11.4. The van der Waals surface area contributed by atoms with E-state index in [2.05, 4.69) is 0 Å². The van der Waals surface area contributed by atoms with Crippen molar-refractivity contribution >= 4 is 0 Å². The van der Waals surface area contributed by atoms with Crippen LogP contribution in [0.1, 0.15) is 0 Å².